The summed E-state index contributed by atoms with van der Waals surface area (Å²) < 4.78 is 12.4. The summed E-state index contributed by atoms with van der Waals surface area (Å²) in [5, 5.41) is 0. The second kappa shape index (κ2) is 8.04. The van der Waals surface area contributed by atoms with Gasteiger partial charge in [-0.2, -0.15) is 0 Å². The van der Waals surface area contributed by atoms with E-state index >= 15 is 0 Å². The molecule has 0 N–H and O–H groups in total. The fraction of sp³-hybridized carbons (Fsp3) is 0.368. The molecule has 0 atom stereocenters. The number of aryl methyl sites for hydroxylation is 2. The first-order valence-corrected chi connectivity index (χ1v) is 10.7. The molecule has 0 aromatic heterocycles. The maximum Gasteiger partial charge on any atom is 0.459 e. The molecular formula is C19H25ClO2P+. The Morgan fingerprint density at radius 3 is 1.70 bits per heavy atom. The molecule has 0 saturated carbocycles. The van der Waals surface area contributed by atoms with Crippen LogP contribution in [0.25, 0.3) is 0 Å². The summed E-state index contributed by atoms with van der Waals surface area (Å²) in [5.74, 6) is 2.15. The minimum atomic E-state index is -2.55. The smallest absolute Gasteiger partial charge is 0.291 e. The van der Waals surface area contributed by atoms with Crippen LogP contribution >= 0.6 is 18.3 Å². The van der Waals surface area contributed by atoms with E-state index in [1.165, 1.54) is 0 Å². The molecule has 0 aliphatic carbocycles. The summed E-state index contributed by atoms with van der Waals surface area (Å²) in [6.45, 7) is 8.41. The average molecular weight is 352 g/mol. The maximum absolute atomic E-state index is 6.86. The van der Waals surface area contributed by atoms with Crippen LogP contribution in [-0.2, 0) is 0 Å². The largest absolute Gasteiger partial charge is 0.459 e. The zero-order chi connectivity index (χ0) is 16.9. The average Bonchev–Trinajstić information content (AvgIpc) is 2.50. The van der Waals surface area contributed by atoms with Crippen LogP contribution in [-0.4, -0.2) is 6.16 Å². The molecular weight excluding hydrogens is 327 g/mol. The summed E-state index contributed by atoms with van der Waals surface area (Å²) in [5.41, 5.74) is 2.13. The normalized spacial score (nSPS) is 11.6. The molecule has 0 aliphatic rings. The Morgan fingerprint density at radius 1 is 0.870 bits per heavy atom. The zero-order valence-electron chi connectivity index (χ0n) is 14.3. The van der Waals surface area contributed by atoms with Gasteiger partial charge in [-0.15, -0.1) is 0 Å². The van der Waals surface area contributed by atoms with Gasteiger partial charge in [0.05, 0.1) is 0 Å². The summed E-state index contributed by atoms with van der Waals surface area (Å²) in [7, 11) is -2.55. The highest BCUT2D eigenvalue weighted by Gasteiger charge is 2.44. The fourth-order valence-corrected chi connectivity index (χ4v) is 4.91. The summed E-state index contributed by atoms with van der Waals surface area (Å²) in [6, 6.07) is 15.8. The minimum absolute atomic E-state index is 0.550. The predicted molar refractivity (Wildman–Crippen MR) is 101 cm³/mol. The van der Waals surface area contributed by atoms with E-state index in [1.807, 2.05) is 62.4 Å². The van der Waals surface area contributed by atoms with Gasteiger partial charge < -0.3 is 0 Å². The fourth-order valence-electron chi connectivity index (χ4n) is 2.13. The van der Waals surface area contributed by atoms with E-state index in [2.05, 4.69) is 13.8 Å². The van der Waals surface area contributed by atoms with E-state index in [4.69, 9.17) is 20.3 Å². The molecule has 0 spiro atoms. The number of benzene rings is 2. The molecule has 2 nitrogen and oxygen atoms in total. The molecule has 124 valence electrons. The Hall–Kier alpha value is -1.24. The molecule has 0 fully saturated rings. The highest BCUT2D eigenvalue weighted by atomic mass is 35.7. The lowest BCUT2D eigenvalue weighted by molar-refractivity contribution is 0.467. The molecule has 0 unspecified atom stereocenters. The molecule has 0 bridgehead atoms. The molecule has 0 heterocycles. The van der Waals surface area contributed by atoms with Crippen molar-refractivity contribution in [3.8, 4) is 11.5 Å². The van der Waals surface area contributed by atoms with Gasteiger partial charge in [0.1, 0.15) is 6.16 Å². The lowest BCUT2D eigenvalue weighted by Gasteiger charge is -2.20. The van der Waals surface area contributed by atoms with Crippen LogP contribution in [0, 0.1) is 19.8 Å². The van der Waals surface area contributed by atoms with E-state index < -0.39 is 7.07 Å². The molecule has 4 heteroatoms. The van der Waals surface area contributed by atoms with E-state index in [9.17, 15) is 0 Å². The van der Waals surface area contributed by atoms with Crippen LogP contribution in [0.4, 0.5) is 0 Å². The first-order valence-electron chi connectivity index (χ1n) is 7.98. The highest BCUT2D eigenvalue weighted by molar-refractivity contribution is 7.92. The number of rotatable bonds is 7. The van der Waals surface area contributed by atoms with E-state index in [0.29, 0.717) is 5.92 Å². The second-order valence-corrected chi connectivity index (χ2v) is 9.75. The van der Waals surface area contributed by atoms with Crippen LogP contribution in [0.2, 0.25) is 0 Å². The van der Waals surface area contributed by atoms with Crippen molar-refractivity contribution in [3.05, 3.63) is 59.7 Å². The van der Waals surface area contributed by atoms with Crippen LogP contribution in [0.15, 0.2) is 48.5 Å². The minimum Gasteiger partial charge on any atom is -0.291 e. The van der Waals surface area contributed by atoms with Gasteiger partial charge in [0.15, 0.2) is 22.7 Å². The van der Waals surface area contributed by atoms with Gasteiger partial charge in [-0.3, -0.25) is 9.05 Å². The summed E-state index contributed by atoms with van der Waals surface area (Å²) in [6.07, 6.45) is 1.68. The van der Waals surface area contributed by atoms with Crippen LogP contribution < -0.4 is 9.05 Å². The van der Waals surface area contributed by atoms with Crippen molar-refractivity contribution in [1.82, 2.24) is 0 Å². The van der Waals surface area contributed by atoms with Crippen LogP contribution in [0.3, 0.4) is 0 Å². The predicted octanol–water partition coefficient (Wildman–Crippen LogP) is 6.81. The third-order valence-electron chi connectivity index (χ3n) is 3.63. The Bertz CT molecular complexity index is 595. The standard InChI is InChI=1S/C19H25ClO2P/c1-15(2)13-14-23(20,21-18-11-7-5-9-16(18)3)22-19-12-8-6-10-17(19)4/h5-12,15H,13-14H2,1-4H3/q+1. The summed E-state index contributed by atoms with van der Waals surface area (Å²) >= 11 is 6.86. The van der Waals surface area contributed by atoms with E-state index in [-0.39, 0.29) is 0 Å². The molecule has 0 aliphatic heterocycles. The number of para-hydroxylation sites is 2. The van der Waals surface area contributed by atoms with Crippen molar-refractivity contribution in [2.75, 3.05) is 6.16 Å². The molecule has 2 rings (SSSR count). The molecule has 0 amide bonds. The Labute approximate surface area is 145 Å². The SMILES string of the molecule is Cc1ccccc1O[P+](Cl)(CCC(C)C)Oc1ccccc1C. The Balaban J connectivity index is 2.24. The monoisotopic (exact) mass is 351 g/mol. The van der Waals surface area contributed by atoms with Gasteiger partial charge in [-0.05, 0) is 49.4 Å². The topological polar surface area (TPSA) is 18.5 Å². The van der Waals surface area contributed by atoms with Crippen molar-refractivity contribution in [2.45, 2.75) is 34.1 Å². The molecule has 2 aromatic rings. The third kappa shape index (κ3) is 5.41. The maximum atomic E-state index is 6.86. The van der Waals surface area contributed by atoms with Gasteiger partial charge in [-0.25, -0.2) is 0 Å². The molecule has 23 heavy (non-hydrogen) atoms. The number of hydrogen-bond acceptors (Lipinski definition) is 2. The van der Waals surface area contributed by atoms with Crippen molar-refractivity contribution in [2.24, 2.45) is 5.92 Å². The van der Waals surface area contributed by atoms with Gasteiger partial charge in [-0.1, -0.05) is 50.2 Å². The lowest BCUT2D eigenvalue weighted by Crippen LogP contribution is -2.10. The highest BCUT2D eigenvalue weighted by Crippen LogP contribution is 2.65. The van der Waals surface area contributed by atoms with Gasteiger partial charge >= 0.3 is 7.07 Å². The Kier molecular flexibility index (Phi) is 6.33. The van der Waals surface area contributed by atoms with Crippen molar-refractivity contribution < 1.29 is 9.05 Å². The van der Waals surface area contributed by atoms with Crippen LogP contribution in [0.1, 0.15) is 31.4 Å². The van der Waals surface area contributed by atoms with Gasteiger partial charge in [0, 0.05) is 0 Å². The molecule has 0 saturated heterocycles. The van der Waals surface area contributed by atoms with E-state index in [0.717, 1.165) is 35.2 Å². The van der Waals surface area contributed by atoms with Crippen molar-refractivity contribution >= 4 is 18.3 Å². The third-order valence-corrected chi connectivity index (χ3v) is 6.28. The quantitative estimate of drug-likeness (QED) is 0.510. The van der Waals surface area contributed by atoms with Crippen LogP contribution in [0.5, 0.6) is 11.5 Å². The Morgan fingerprint density at radius 2 is 1.30 bits per heavy atom. The molecule has 2 aromatic carbocycles. The lowest BCUT2D eigenvalue weighted by atomic mass is 10.2. The first-order chi connectivity index (χ1) is 10.9. The zero-order valence-corrected chi connectivity index (χ0v) is 15.9. The summed E-state index contributed by atoms with van der Waals surface area (Å²) in [4.78, 5) is 0. The number of halogens is 1. The van der Waals surface area contributed by atoms with Gasteiger partial charge in [0.2, 0.25) is 0 Å². The van der Waals surface area contributed by atoms with Crippen molar-refractivity contribution in [1.29, 1.82) is 0 Å². The first kappa shape index (κ1) is 18.1. The number of hydrogen-bond donors (Lipinski definition) is 0. The van der Waals surface area contributed by atoms with Gasteiger partial charge in [0.25, 0.3) is 0 Å². The second-order valence-electron chi connectivity index (χ2n) is 6.21. The van der Waals surface area contributed by atoms with E-state index in [1.54, 1.807) is 0 Å². The molecule has 0 radical (unpaired) electrons. The van der Waals surface area contributed by atoms with Crippen molar-refractivity contribution in [3.63, 3.8) is 0 Å².